The van der Waals surface area contributed by atoms with E-state index in [0.29, 0.717) is 0 Å². The summed E-state index contributed by atoms with van der Waals surface area (Å²) in [5.74, 6) is -0.551. The van der Waals surface area contributed by atoms with E-state index in [1.165, 1.54) is 26.0 Å². The SMILES string of the molecule is CC1=C(Cl)C(=O)C(C)(Cl)C(Cl)/C1=N\S(=O)(=O)c1ccccc1. The average Bonchev–Trinajstić information content (AvgIpc) is 2.49. The van der Waals surface area contributed by atoms with E-state index in [9.17, 15) is 13.2 Å². The molecule has 0 amide bonds. The second-order valence-electron chi connectivity index (χ2n) is 4.97. The molecule has 1 aliphatic rings. The Labute approximate surface area is 143 Å². The summed E-state index contributed by atoms with van der Waals surface area (Å²) in [5.41, 5.74) is 0.192. The summed E-state index contributed by atoms with van der Waals surface area (Å²) in [6, 6.07) is 7.68. The molecule has 0 fully saturated rings. The summed E-state index contributed by atoms with van der Waals surface area (Å²) in [7, 11) is -3.98. The van der Waals surface area contributed by atoms with Gasteiger partial charge in [-0.15, -0.1) is 23.2 Å². The smallest absolute Gasteiger partial charge is 0.282 e. The molecule has 2 unspecified atom stereocenters. The second kappa shape index (κ2) is 5.96. The molecule has 1 aromatic rings. The minimum absolute atomic E-state index is 0.0171. The zero-order valence-corrected chi connectivity index (χ0v) is 14.8. The number of hydrogen-bond acceptors (Lipinski definition) is 3. The van der Waals surface area contributed by atoms with E-state index in [2.05, 4.69) is 4.40 Å². The predicted molar refractivity (Wildman–Crippen MR) is 88.5 cm³/mol. The summed E-state index contributed by atoms with van der Waals surface area (Å²) < 4.78 is 28.5. The van der Waals surface area contributed by atoms with Crippen LogP contribution < -0.4 is 0 Å². The van der Waals surface area contributed by atoms with Gasteiger partial charge in [0.1, 0.15) is 10.3 Å². The lowest BCUT2D eigenvalue weighted by Crippen LogP contribution is -2.48. The number of carbonyl (C=O) groups is 1. The lowest BCUT2D eigenvalue weighted by Gasteiger charge is -2.32. The number of rotatable bonds is 2. The third kappa shape index (κ3) is 2.95. The van der Waals surface area contributed by atoms with Crippen LogP contribution >= 0.6 is 34.8 Å². The molecule has 22 heavy (non-hydrogen) atoms. The van der Waals surface area contributed by atoms with E-state index in [1.54, 1.807) is 18.2 Å². The second-order valence-corrected chi connectivity index (χ2v) is 8.17. The van der Waals surface area contributed by atoms with Crippen molar-refractivity contribution in [2.45, 2.75) is 29.0 Å². The molecule has 118 valence electrons. The van der Waals surface area contributed by atoms with Crippen LogP contribution in [0.1, 0.15) is 13.8 Å². The van der Waals surface area contributed by atoms with Gasteiger partial charge in [-0.05, 0) is 31.6 Å². The highest BCUT2D eigenvalue weighted by atomic mass is 35.5. The zero-order valence-electron chi connectivity index (χ0n) is 11.7. The van der Waals surface area contributed by atoms with Gasteiger partial charge < -0.3 is 0 Å². The third-order valence-corrected chi connectivity index (χ3v) is 6.24. The fourth-order valence-corrected chi connectivity index (χ4v) is 3.97. The molecule has 0 radical (unpaired) electrons. The molecule has 0 saturated carbocycles. The molecule has 2 atom stereocenters. The Balaban J connectivity index is 2.63. The molecular weight excluding hydrogens is 369 g/mol. The highest BCUT2D eigenvalue weighted by Crippen LogP contribution is 2.38. The van der Waals surface area contributed by atoms with Crippen LogP contribution in [-0.4, -0.2) is 30.2 Å². The van der Waals surface area contributed by atoms with E-state index in [4.69, 9.17) is 34.8 Å². The minimum atomic E-state index is -3.98. The molecule has 1 aromatic carbocycles. The topological polar surface area (TPSA) is 63.6 Å². The molecular formula is C14H12Cl3NO3S. The lowest BCUT2D eigenvalue weighted by molar-refractivity contribution is -0.117. The van der Waals surface area contributed by atoms with Crippen LogP contribution in [0.2, 0.25) is 0 Å². The van der Waals surface area contributed by atoms with Crippen LogP contribution in [0.5, 0.6) is 0 Å². The third-order valence-electron chi connectivity index (χ3n) is 3.33. The number of carbonyl (C=O) groups excluding carboxylic acids is 1. The van der Waals surface area contributed by atoms with Crippen molar-refractivity contribution >= 4 is 56.3 Å². The first-order valence-electron chi connectivity index (χ1n) is 6.23. The minimum Gasteiger partial charge on any atom is -0.291 e. The van der Waals surface area contributed by atoms with Crippen LogP contribution in [0.4, 0.5) is 0 Å². The van der Waals surface area contributed by atoms with Crippen molar-refractivity contribution in [3.05, 3.63) is 40.9 Å². The Morgan fingerprint density at radius 1 is 1.23 bits per heavy atom. The zero-order chi connectivity index (χ0) is 16.7. The largest absolute Gasteiger partial charge is 0.291 e. The molecule has 0 N–H and O–H groups in total. The number of hydrogen-bond donors (Lipinski definition) is 0. The monoisotopic (exact) mass is 379 g/mol. The van der Waals surface area contributed by atoms with Gasteiger partial charge >= 0.3 is 0 Å². The van der Waals surface area contributed by atoms with Crippen LogP contribution in [-0.2, 0) is 14.8 Å². The number of allylic oxidation sites excluding steroid dienone is 2. The first-order chi connectivity index (χ1) is 10.1. The first-order valence-corrected chi connectivity index (χ1v) is 8.86. The number of halogens is 3. The Morgan fingerprint density at radius 2 is 1.77 bits per heavy atom. The molecule has 4 nitrogen and oxygen atoms in total. The summed E-state index contributed by atoms with van der Waals surface area (Å²) in [6.07, 6.45) is 0. The van der Waals surface area contributed by atoms with Crippen LogP contribution in [0.25, 0.3) is 0 Å². The van der Waals surface area contributed by atoms with Crippen molar-refractivity contribution < 1.29 is 13.2 Å². The first kappa shape index (κ1) is 17.5. The lowest BCUT2D eigenvalue weighted by atomic mass is 9.87. The number of Topliss-reactive ketones (excluding diaryl/α,β-unsaturated/α-hetero) is 1. The summed E-state index contributed by atoms with van der Waals surface area (Å²) >= 11 is 18.3. The highest BCUT2D eigenvalue weighted by molar-refractivity contribution is 7.90. The normalized spacial score (nSPS) is 28.3. The highest BCUT2D eigenvalue weighted by Gasteiger charge is 2.48. The number of alkyl halides is 2. The molecule has 1 aliphatic carbocycles. The molecule has 0 aromatic heterocycles. The van der Waals surface area contributed by atoms with Crippen LogP contribution in [0.15, 0.2) is 50.2 Å². The van der Waals surface area contributed by atoms with Crippen molar-refractivity contribution in [2.75, 3.05) is 0 Å². The average molecular weight is 381 g/mol. The van der Waals surface area contributed by atoms with E-state index in [-0.39, 0.29) is 21.2 Å². The maximum atomic E-state index is 12.4. The van der Waals surface area contributed by atoms with Gasteiger partial charge in [0.15, 0.2) is 5.78 Å². The Bertz CT molecular complexity index is 783. The molecule has 0 saturated heterocycles. The molecule has 0 heterocycles. The summed E-state index contributed by atoms with van der Waals surface area (Å²) in [5, 5.41) is -1.26. The van der Waals surface area contributed by atoms with E-state index < -0.39 is 26.1 Å². The fourth-order valence-electron chi connectivity index (χ4n) is 1.95. The van der Waals surface area contributed by atoms with Crippen molar-refractivity contribution in [3.63, 3.8) is 0 Å². The molecule has 0 aliphatic heterocycles. The van der Waals surface area contributed by atoms with Crippen molar-refractivity contribution in [1.29, 1.82) is 0 Å². The van der Waals surface area contributed by atoms with Gasteiger partial charge in [0, 0.05) is 0 Å². The van der Waals surface area contributed by atoms with Gasteiger partial charge in [-0.3, -0.25) is 4.79 Å². The van der Waals surface area contributed by atoms with Gasteiger partial charge in [0.05, 0.1) is 15.6 Å². The molecule has 0 bridgehead atoms. The molecule has 0 spiro atoms. The van der Waals surface area contributed by atoms with Crippen molar-refractivity contribution in [1.82, 2.24) is 0 Å². The maximum absolute atomic E-state index is 12.4. The van der Waals surface area contributed by atoms with Gasteiger partial charge in [0.25, 0.3) is 10.0 Å². The Hall–Kier alpha value is -0.880. The van der Waals surface area contributed by atoms with Gasteiger partial charge in [-0.1, -0.05) is 29.8 Å². The number of benzene rings is 1. The number of ketones is 1. The maximum Gasteiger partial charge on any atom is 0.282 e. The quantitative estimate of drug-likeness (QED) is 0.737. The fraction of sp³-hybridized carbons (Fsp3) is 0.286. The van der Waals surface area contributed by atoms with E-state index in [0.717, 1.165) is 0 Å². The molecule has 2 rings (SSSR count). The van der Waals surface area contributed by atoms with Crippen LogP contribution in [0.3, 0.4) is 0 Å². The Morgan fingerprint density at radius 3 is 2.32 bits per heavy atom. The number of sulfonamides is 1. The van der Waals surface area contributed by atoms with Gasteiger partial charge in [0.2, 0.25) is 0 Å². The number of nitrogens with zero attached hydrogens (tertiary/aromatic N) is 1. The van der Waals surface area contributed by atoms with E-state index >= 15 is 0 Å². The predicted octanol–water partition coefficient (Wildman–Crippen LogP) is 3.52. The molecule has 8 heteroatoms. The Kier molecular flexibility index (Phi) is 4.74. The van der Waals surface area contributed by atoms with Gasteiger partial charge in [-0.25, -0.2) is 0 Å². The van der Waals surface area contributed by atoms with E-state index in [1.807, 2.05) is 0 Å². The van der Waals surface area contributed by atoms with Crippen LogP contribution in [0, 0.1) is 0 Å². The van der Waals surface area contributed by atoms with Gasteiger partial charge in [-0.2, -0.15) is 12.8 Å². The standard InChI is InChI=1S/C14H12Cl3NO3S/c1-8-10(15)13(19)14(2,17)12(16)11(8)18-22(20,21)9-6-4-3-5-7-9/h3-7,12H,1-2H3/b18-11-. The summed E-state index contributed by atoms with van der Waals surface area (Å²) in [4.78, 5) is 10.5. The summed E-state index contributed by atoms with van der Waals surface area (Å²) in [6.45, 7) is 2.87. The van der Waals surface area contributed by atoms with Crippen molar-refractivity contribution in [3.8, 4) is 0 Å². The van der Waals surface area contributed by atoms with Crippen molar-refractivity contribution in [2.24, 2.45) is 4.40 Å².